The lowest BCUT2D eigenvalue weighted by atomic mass is 10.2. The second kappa shape index (κ2) is 5.19. The first-order valence-corrected chi connectivity index (χ1v) is 4.63. The molecule has 82 valence electrons. The lowest BCUT2D eigenvalue weighted by Crippen LogP contribution is -2.21. The van der Waals surface area contributed by atoms with Gasteiger partial charge >= 0.3 is 0 Å². The Morgan fingerprint density at radius 1 is 1.53 bits per heavy atom. The predicted molar refractivity (Wildman–Crippen MR) is 58.0 cm³/mol. The monoisotopic (exact) mass is 211 g/mol. The summed E-state index contributed by atoms with van der Waals surface area (Å²) in [5.41, 5.74) is 6.55. The molecule has 0 spiro atoms. The molecule has 4 N–H and O–H groups in total. The van der Waals surface area contributed by atoms with E-state index in [-0.39, 0.29) is 11.7 Å². The maximum Gasteiger partial charge on any atom is 0.221 e. The third-order valence-electron chi connectivity index (χ3n) is 1.96. The number of hydrogen-bond donors (Lipinski definition) is 3. The molecule has 0 saturated heterocycles. The first kappa shape index (κ1) is 11.3. The van der Waals surface area contributed by atoms with Gasteiger partial charge in [-0.05, 0) is 18.2 Å². The van der Waals surface area contributed by atoms with Crippen molar-refractivity contribution in [3.05, 3.63) is 24.0 Å². The molecule has 0 radical (unpaired) electrons. The van der Waals surface area contributed by atoms with E-state index in [0.717, 1.165) is 0 Å². The van der Waals surface area contributed by atoms with Crippen LogP contribution in [0.4, 0.5) is 15.8 Å². The van der Waals surface area contributed by atoms with Gasteiger partial charge in [-0.1, -0.05) is 0 Å². The van der Waals surface area contributed by atoms with Crippen LogP contribution < -0.4 is 16.4 Å². The Hall–Kier alpha value is -1.78. The van der Waals surface area contributed by atoms with Gasteiger partial charge in [-0.3, -0.25) is 4.79 Å². The van der Waals surface area contributed by atoms with Gasteiger partial charge in [-0.25, -0.2) is 4.39 Å². The van der Waals surface area contributed by atoms with Crippen LogP contribution >= 0.6 is 0 Å². The summed E-state index contributed by atoms with van der Waals surface area (Å²) in [5, 5.41) is 5.46. The Labute approximate surface area is 87.7 Å². The minimum Gasteiger partial charge on any atom is -0.397 e. The van der Waals surface area contributed by atoms with E-state index in [4.69, 9.17) is 5.73 Å². The first-order valence-electron chi connectivity index (χ1n) is 4.63. The number of benzene rings is 1. The number of amides is 1. The summed E-state index contributed by atoms with van der Waals surface area (Å²) in [6, 6.07) is 4.11. The predicted octanol–water partition coefficient (Wildman–Crippen LogP) is 0.956. The van der Waals surface area contributed by atoms with Crippen LogP contribution in [-0.2, 0) is 4.79 Å². The van der Waals surface area contributed by atoms with Crippen LogP contribution in [0.1, 0.15) is 6.42 Å². The molecule has 0 aliphatic heterocycles. The number of rotatable bonds is 4. The number of hydrogen-bond acceptors (Lipinski definition) is 3. The van der Waals surface area contributed by atoms with E-state index >= 15 is 0 Å². The summed E-state index contributed by atoms with van der Waals surface area (Å²) < 4.78 is 12.7. The molecule has 0 heterocycles. The van der Waals surface area contributed by atoms with Crippen LogP contribution in [0.25, 0.3) is 0 Å². The van der Waals surface area contributed by atoms with Crippen LogP contribution in [0.5, 0.6) is 0 Å². The van der Waals surface area contributed by atoms with Crippen molar-refractivity contribution in [2.24, 2.45) is 0 Å². The molecule has 1 amide bonds. The Morgan fingerprint density at radius 2 is 2.27 bits per heavy atom. The smallest absolute Gasteiger partial charge is 0.221 e. The number of halogens is 1. The lowest BCUT2D eigenvalue weighted by Gasteiger charge is -2.08. The van der Waals surface area contributed by atoms with Gasteiger partial charge in [0.15, 0.2) is 0 Å². The van der Waals surface area contributed by atoms with Crippen molar-refractivity contribution in [3.8, 4) is 0 Å². The van der Waals surface area contributed by atoms with Crippen molar-refractivity contribution in [1.29, 1.82) is 0 Å². The SMILES string of the molecule is CNC(=O)CCNc1ccc(F)cc1N. The van der Waals surface area contributed by atoms with Crippen LogP contribution in [-0.4, -0.2) is 19.5 Å². The molecule has 0 aromatic heterocycles. The maximum absolute atomic E-state index is 12.7. The van der Waals surface area contributed by atoms with Crippen molar-refractivity contribution < 1.29 is 9.18 Å². The van der Waals surface area contributed by atoms with E-state index in [1.54, 1.807) is 13.1 Å². The fourth-order valence-electron chi connectivity index (χ4n) is 1.13. The second-order valence-corrected chi connectivity index (χ2v) is 3.08. The zero-order valence-electron chi connectivity index (χ0n) is 8.51. The zero-order valence-corrected chi connectivity index (χ0v) is 8.51. The molecule has 0 aliphatic rings. The average Bonchev–Trinajstić information content (AvgIpc) is 2.21. The summed E-state index contributed by atoms with van der Waals surface area (Å²) in [4.78, 5) is 10.9. The highest BCUT2D eigenvalue weighted by Crippen LogP contribution is 2.18. The number of nitrogens with two attached hydrogens (primary N) is 1. The van der Waals surface area contributed by atoms with Crippen molar-refractivity contribution in [1.82, 2.24) is 5.32 Å². The third kappa shape index (κ3) is 3.46. The van der Waals surface area contributed by atoms with E-state index in [2.05, 4.69) is 10.6 Å². The second-order valence-electron chi connectivity index (χ2n) is 3.08. The molecule has 0 unspecified atom stereocenters. The van der Waals surface area contributed by atoms with E-state index < -0.39 is 0 Å². The van der Waals surface area contributed by atoms with Crippen LogP contribution in [0.2, 0.25) is 0 Å². The molecule has 0 fully saturated rings. The summed E-state index contributed by atoms with van der Waals surface area (Å²) >= 11 is 0. The summed E-state index contributed by atoms with van der Waals surface area (Å²) in [5.74, 6) is -0.424. The minimum atomic E-state index is -0.371. The highest BCUT2D eigenvalue weighted by atomic mass is 19.1. The fraction of sp³-hybridized carbons (Fsp3) is 0.300. The Balaban J connectivity index is 2.47. The van der Waals surface area contributed by atoms with Crippen molar-refractivity contribution in [2.75, 3.05) is 24.6 Å². The number of carbonyl (C=O) groups is 1. The highest BCUT2D eigenvalue weighted by Gasteiger charge is 2.01. The van der Waals surface area contributed by atoms with Gasteiger partial charge < -0.3 is 16.4 Å². The molecular formula is C10H14FN3O. The standard InChI is InChI=1S/C10H14FN3O/c1-13-10(15)4-5-14-9-3-2-7(11)6-8(9)12/h2-3,6,14H,4-5,12H2,1H3,(H,13,15). The largest absolute Gasteiger partial charge is 0.397 e. The van der Waals surface area contributed by atoms with Gasteiger partial charge in [0, 0.05) is 20.0 Å². The number of nitrogen functional groups attached to an aromatic ring is 1. The molecule has 0 bridgehead atoms. The summed E-state index contributed by atoms with van der Waals surface area (Å²) in [7, 11) is 1.58. The lowest BCUT2D eigenvalue weighted by molar-refractivity contribution is -0.120. The van der Waals surface area contributed by atoms with E-state index in [0.29, 0.717) is 24.3 Å². The minimum absolute atomic E-state index is 0.0526. The van der Waals surface area contributed by atoms with E-state index in [1.165, 1.54) is 12.1 Å². The maximum atomic E-state index is 12.7. The molecule has 4 nitrogen and oxygen atoms in total. The Morgan fingerprint density at radius 3 is 2.87 bits per heavy atom. The van der Waals surface area contributed by atoms with Crippen LogP contribution in [0, 0.1) is 5.82 Å². The van der Waals surface area contributed by atoms with Gasteiger partial charge in [0.1, 0.15) is 5.82 Å². The molecule has 1 aromatic carbocycles. The molecule has 15 heavy (non-hydrogen) atoms. The average molecular weight is 211 g/mol. The molecule has 5 heteroatoms. The fourth-order valence-corrected chi connectivity index (χ4v) is 1.13. The van der Waals surface area contributed by atoms with Gasteiger partial charge in [0.05, 0.1) is 11.4 Å². The van der Waals surface area contributed by atoms with Crippen LogP contribution in [0.15, 0.2) is 18.2 Å². The van der Waals surface area contributed by atoms with Crippen molar-refractivity contribution >= 4 is 17.3 Å². The zero-order chi connectivity index (χ0) is 11.3. The van der Waals surface area contributed by atoms with Gasteiger partial charge in [0.25, 0.3) is 0 Å². The van der Waals surface area contributed by atoms with Gasteiger partial charge in [-0.15, -0.1) is 0 Å². The van der Waals surface area contributed by atoms with E-state index in [9.17, 15) is 9.18 Å². The van der Waals surface area contributed by atoms with Crippen molar-refractivity contribution in [3.63, 3.8) is 0 Å². The topological polar surface area (TPSA) is 67.2 Å². The van der Waals surface area contributed by atoms with Crippen LogP contribution in [0.3, 0.4) is 0 Å². The van der Waals surface area contributed by atoms with Gasteiger partial charge in [-0.2, -0.15) is 0 Å². The number of nitrogens with one attached hydrogen (secondary N) is 2. The number of anilines is 2. The summed E-state index contributed by atoms with van der Waals surface area (Å²) in [6.07, 6.45) is 0.354. The molecule has 0 atom stereocenters. The Kier molecular flexibility index (Phi) is 3.91. The molecule has 0 saturated carbocycles. The number of carbonyl (C=O) groups excluding carboxylic acids is 1. The van der Waals surface area contributed by atoms with Crippen molar-refractivity contribution in [2.45, 2.75) is 6.42 Å². The first-order chi connectivity index (χ1) is 7.13. The highest BCUT2D eigenvalue weighted by molar-refractivity contribution is 5.76. The molecule has 1 aromatic rings. The third-order valence-corrected chi connectivity index (χ3v) is 1.96. The molecule has 0 aliphatic carbocycles. The van der Waals surface area contributed by atoms with Gasteiger partial charge in [0.2, 0.25) is 5.91 Å². The summed E-state index contributed by atoms with van der Waals surface area (Å²) in [6.45, 7) is 0.468. The Bertz CT molecular complexity index is 355. The quantitative estimate of drug-likeness (QED) is 0.650. The molecule has 1 rings (SSSR count). The normalized spacial score (nSPS) is 9.73. The molecular weight excluding hydrogens is 197 g/mol. The van der Waals surface area contributed by atoms with E-state index in [1.807, 2.05) is 0 Å².